The van der Waals surface area contributed by atoms with Gasteiger partial charge in [0.2, 0.25) is 11.8 Å². The third kappa shape index (κ3) is 14.1. The Hall–Kier alpha value is -4.70. The van der Waals surface area contributed by atoms with Gasteiger partial charge >= 0.3 is 5.97 Å². The van der Waals surface area contributed by atoms with Crippen LogP contribution in [-0.2, 0) is 32.0 Å². The molecule has 0 radical (unpaired) electrons. The molecule has 3 aromatic rings. The van der Waals surface area contributed by atoms with E-state index < -0.39 is 36.0 Å². The zero-order valence-corrected chi connectivity index (χ0v) is 26.4. The number of amides is 3. The van der Waals surface area contributed by atoms with Crippen molar-refractivity contribution in [1.82, 2.24) is 10.6 Å². The summed E-state index contributed by atoms with van der Waals surface area (Å²) in [4.78, 5) is 47.0. The van der Waals surface area contributed by atoms with Crippen molar-refractivity contribution in [2.24, 2.45) is 11.7 Å². The van der Waals surface area contributed by atoms with Gasteiger partial charge in [0, 0.05) is 6.42 Å². The highest BCUT2D eigenvalue weighted by atomic mass is 16.5. The smallest absolute Gasteiger partial charge is 0.303 e. The Bertz CT molecular complexity index is 1380. The van der Waals surface area contributed by atoms with Crippen LogP contribution in [0.4, 0.5) is 0 Å². The first-order valence-corrected chi connectivity index (χ1v) is 14.9. The first-order chi connectivity index (χ1) is 21.3. The molecule has 0 aliphatic rings. The van der Waals surface area contributed by atoms with E-state index in [-0.39, 0.29) is 31.3 Å². The number of hydrogen-bond donors (Lipinski definition) is 5. The van der Waals surface area contributed by atoms with Gasteiger partial charge < -0.3 is 31.3 Å². The van der Waals surface area contributed by atoms with Gasteiger partial charge in [0.25, 0.3) is 5.91 Å². The monoisotopic (exact) mass is 619 g/mol. The maximum absolute atomic E-state index is 13.1. The van der Waals surface area contributed by atoms with Crippen molar-refractivity contribution in [3.63, 3.8) is 0 Å². The van der Waals surface area contributed by atoms with E-state index in [0.29, 0.717) is 18.6 Å². The lowest BCUT2D eigenvalue weighted by molar-refractivity contribution is -0.137. The topological polar surface area (TPSA) is 168 Å². The van der Waals surface area contributed by atoms with Crippen molar-refractivity contribution >= 4 is 23.7 Å². The van der Waals surface area contributed by atoms with Crippen LogP contribution in [0.2, 0.25) is 0 Å². The average molecular weight is 620 g/mol. The molecule has 6 N–H and O–H groups in total. The number of carbonyl (C=O) groups excluding carboxylic acids is 3. The van der Waals surface area contributed by atoms with Gasteiger partial charge in [-0.1, -0.05) is 80.6 Å². The fraction of sp³-hybridized carbons (Fsp3) is 0.371. The zero-order valence-electron chi connectivity index (χ0n) is 26.4. The minimum Gasteiger partial charge on any atom is -0.484 e. The second-order valence-corrected chi connectivity index (χ2v) is 11.3. The highest BCUT2D eigenvalue weighted by molar-refractivity contribution is 5.88. The number of rotatable bonds is 15. The molecule has 3 aromatic carbocycles. The van der Waals surface area contributed by atoms with Crippen LogP contribution < -0.4 is 21.1 Å². The van der Waals surface area contributed by atoms with Crippen LogP contribution in [0.1, 0.15) is 48.9 Å². The highest BCUT2D eigenvalue weighted by Gasteiger charge is 2.29. The van der Waals surface area contributed by atoms with Crippen LogP contribution in [0.15, 0.2) is 78.9 Å². The molecule has 242 valence electrons. The van der Waals surface area contributed by atoms with E-state index in [4.69, 9.17) is 15.6 Å². The number of aryl methyl sites for hydroxylation is 2. The van der Waals surface area contributed by atoms with Crippen molar-refractivity contribution in [3.05, 3.63) is 101 Å². The average Bonchev–Trinajstić information content (AvgIpc) is 2.99. The highest BCUT2D eigenvalue weighted by Crippen LogP contribution is 2.16. The molecule has 0 fully saturated rings. The van der Waals surface area contributed by atoms with E-state index >= 15 is 0 Å². The lowest BCUT2D eigenvalue weighted by Gasteiger charge is -2.28. The molecular weight excluding hydrogens is 574 g/mol. The van der Waals surface area contributed by atoms with Crippen LogP contribution >= 0.6 is 0 Å². The molecule has 0 bridgehead atoms. The summed E-state index contributed by atoms with van der Waals surface area (Å²) >= 11 is 0. The Morgan fingerprint density at radius 2 is 1.44 bits per heavy atom. The van der Waals surface area contributed by atoms with E-state index in [9.17, 15) is 24.3 Å². The SMILES string of the molecule is Cc1ccc(OCC(=O)NC(C(=O)NC(Cc2ccccc2)C(O)CCC(=O)O)C(C)C)cc1C.NC(=O)Cc1ccccc1. The summed E-state index contributed by atoms with van der Waals surface area (Å²) in [6, 6.07) is 22.7. The Morgan fingerprint density at radius 1 is 0.844 bits per heavy atom. The van der Waals surface area contributed by atoms with Crippen LogP contribution in [0, 0.1) is 19.8 Å². The number of carboxylic acids is 1. The largest absolute Gasteiger partial charge is 0.484 e. The summed E-state index contributed by atoms with van der Waals surface area (Å²) in [6.45, 7) is 7.32. The normalized spacial score (nSPS) is 12.6. The molecule has 45 heavy (non-hydrogen) atoms. The minimum atomic E-state index is -1.06. The minimum absolute atomic E-state index is 0.00434. The number of aliphatic hydroxyl groups excluding tert-OH is 1. The summed E-state index contributed by atoms with van der Waals surface area (Å²) in [7, 11) is 0. The third-order valence-corrected chi connectivity index (χ3v) is 7.08. The van der Waals surface area contributed by atoms with Crippen molar-refractivity contribution < 1.29 is 34.1 Å². The van der Waals surface area contributed by atoms with Crippen LogP contribution in [-0.4, -0.2) is 58.7 Å². The Labute approximate surface area is 265 Å². The number of ether oxygens (including phenoxy) is 1. The van der Waals surface area contributed by atoms with Gasteiger partial charge in [0.1, 0.15) is 11.8 Å². The molecule has 0 aromatic heterocycles. The molecule has 0 heterocycles. The Kier molecular flexibility index (Phi) is 15.3. The molecule has 3 unspecified atom stereocenters. The maximum Gasteiger partial charge on any atom is 0.303 e. The van der Waals surface area contributed by atoms with Gasteiger partial charge in [0.15, 0.2) is 6.61 Å². The van der Waals surface area contributed by atoms with Crippen molar-refractivity contribution in [3.8, 4) is 5.75 Å². The van der Waals surface area contributed by atoms with Crippen LogP contribution in [0.3, 0.4) is 0 Å². The molecule has 0 saturated heterocycles. The number of nitrogens with two attached hydrogens (primary N) is 1. The number of aliphatic hydroxyl groups is 1. The number of benzene rings is 3. The maximum atomic E-state index is 13.1. The summed E-state index contributed by atoms with van der Waals surface area (Å²) in [6.07, 6.45) is -0.632. The zero-order chi connectivity index (χ0) is 33.4. The third-order valence-electron chi connectivity index (χ3n) is 7.08. The van der Waals surface area contributed by atoms with Gasteiger partial charge in [-0.15, -0.1) is 0 Å². The summed E-state index contributed by atoms with van der Waals surface area (Å²) in [5.41, 5.74) is 9.01. The van der Waals surface area contributed by atoms with Gasteiger partial charge in [0.05, 0.1) is 18.6 Å². The molecule has 3 atom stereocenters. The van der Waals surface area contributed by atoms with Gasteiger partial charge in [-0.25, -0.2) is 0 Å². The molecule has 3 amide bonds. The number of nitrogens with one attached hydrogen (secondary N) is 2. The fourth-order valence-electron chi connectivity index (χ4n) is 4.40. The first kappa shape index (κ1) is 36.5. The van der Waals surface area contributed by atoms with Gasteiger partial charge in [-0.05, 0) is 67.0 Å². The Morgan fingerprint density at radius 3 is 1.98 bits per heavy atom. The van der Waals surface area contributed by atoms with Gasteiger partial charge in [-0.2, -0.15) is 0 Å². The molecular formula is C35H45N3O7. The second-order valence-electron chi connectivity index (χ2n) is 11.3. The summed E-state index contributed by atoms with van der Waals surface area (Å²) < 4.78 is 5.58. The van der Waals surface area contributed by atoms with Crippen LogP contribution in [0.5, 0.6) is 5.75 Å². The molecule has 10 heteroatoms. The fourth-order valence-corrected chi connectivity index (χ4v) is 4.40. The van der Waals surface area contributed by atoms with E-state index in [1.165, 1.54) is 0 Å². The van der Waals surface area contributed by atoms with Crippen molar-refractivity contribution in [2.45, 2.75) is 71.6 Å². The van der Waals surface area contributed by atoms with Crippen molar-refractivity contribution in [1.29, 1.82) is 0 Å². The van der Waals surface area contributed by atoms with E-state index in [0.717, 1.165) is 22.3 Å². The summed E-state index contributed by atoms with van der Waals surface area (Å²) in [5.74, 6) is -1.86. The molecule has 0 aliphatic heterocycles. The molecule has 3 rings (SSSR count). The number of primary amides is 1. The summed E-state index contributed by atoms with van der Waals surface area (Å²) in [5, 5.41) is 25.2. The van der Waals surface area contributed by atoms with E-state index in [2.05, 4.69) is 10.6 Å². The first-order valence-electron chi connectivity index (χ1n) is 14.9. The van der Waals surface area contributed by atoms with Gasteiger partial charge in [-0.3, -0.25) is 19.2 Å². The van der Waals surface area contributed by atoms with E-state index in [1.807, 2.05) is 100 Å². The molecule has 0 spiro atoms. The van der Waals surface area contributed by atoms with E-state index in [1.54, 1.807) is 6.07 Å². The predicted molar refractivity (Wildman–Crippen MR) is 172 cm³/mol. The van der Waals surface area contributed by atoms with Crippen LogP contribution in [0.25, 0.3) is 0 Å². The number of aliphatic carboxylic acids is 1. The van der Waals surface area contributed by atoms with Crippen molar-refractivity contribution in [2.75, 3.05) is 6.61 Å². The molecule has 10 nitrogen and oxygen atoms in total. The quantitative estimate of drug-likeness (QED) is 0.174. The Balaban J connectivity index is 0.000000596. The predicted octanol–water partition coefficient (Wildman–Crippen LogP) is 3.49. The second kappa shape index (κ2) is 18.9. The number of carbonyl (C=O) groups is 4. The number of carboxylic acid groups (broad SMARTS) is 1. The molecule has 0 aliphatic carbocycles. The standard InChI is InChI=1S/C27H36N2O6.C8H9NO/c1-17(2)26(29-24(31)16-35-21-11-10-18(3)19(4)14-21)27(34)28-22(23(30)12-13-25(32)33)15-20-8-6-5-7-9-20;9-8(10)6-7-4-2-1-3-5-7/h5-11,14,17,22-23,26,30H,12-13,15-16H2,1-4H3,(H,28,34)(H,29,31)(H,32,33);1-5H,6H2,(H2,9,10). The number of hydrogen-bond acceptors (Lipinski definition) is 6. The lowest BCUT2D eigenvalue weighted by Crippen LogP contribution is -2.55. The molecule has 0 saturated carbocycles. The lowest BCUT2D eigenvalue weighted by atomic mass is 9.96.